The van der Waals surface area contributed by atoms with Gasteiger partial charge in [0.05, 0.1) is 0 Å². The van der Waals surface area contributed by atoms with Gasteiger partial charge in [-0.15, -0.1) is 0 Å². The summed E-state index contributed by atoms with van der Waals surface area (Å²) in [4.78, 5) is 0. The van der Waals surface area contributed by atoms with Gasteiger partial charge in [0.1, 0.15) is 0 Å². The first-order chi connectivity index (χ1) is 3.31. The number of hydrogen-bond donors (Lipinski definition) is 2. The van der Waals surface area contributed by atoms with Gasteiger partial charge in [0.15, 0.2) is 0 Å². The average Bonchev–Trinajstić information content (AvgIpc) is 1.68. The molecule has 3 nitrogen and oxygen atoms in total. The Morgan fingerprint density at radius 2 is 2.57 bits per heavy atom. The van der Waals surface area contributed by atoms with Crippen LogP contribution in [0.5, 0.6) is 0 Å². The molecule has 1 unspecified atom stereocenters. The van der Waals surface area contributed by atoms with E-state index in [0.29, 0.717) is 6.54 Å². The van der Waals surface area contributed by atoms with Crippen molar-refractivity contribution in [1.29, 1.82) is 5.31 Å². The summed E-state index contributed by atoms with van der Waals surface area (Å²) in [6, 6.07) is 0. The third kappa shape index (κ3) is 3.46. The van der Waals surface area contributed by atoms with Gasteiger partial charge >= 0.3 is 42.5 Å². The zero-order chi connectivity index (χ0) is 5.70. The Kier molecular flexibility index (Phi) is 3.60. The van der Waals surface area contributed by atoms with Crippen molar-refractivity contribution >= 4 is 7.27 Å². The fraction of sp³-hybridized carbons (Fsp3) is 1.00. The first-order valence-corrected chi connectivity index (χ1v) is 2.15. The molecule has 0 radical (unpaired) electrons. The van der Waals surface area contributed by atoms with Crippen molar-refractivity contribution in [3.05, 3.63) is 0 Å². The second-order valence-corrected chi connectivity index (χ2v) is 1.30. The molecule has 0 fully saturated rings. The van der Waals surface area contributed by atoms with Crippen LogP contribution in [0.3, 0.4) is 0 Å². The fourth-order valence-electron chi connectivity index (χ4n) is 0.172. The maximum absolute atomic E-state index is 6.43. The van der Waals surface area contributed by atoms with Crippen LogP contribution in [-0.4, -0.2) is 19.9 Å². The summed E-state index contributed by atoms with van der Waals surface area (Å²) in [6.45, 7) is 2.28. The summed E-state index contributed by atoms with van der Waals surface area (Å²) >= 11 is 0. The van der Waals surface area contributed by atoms with Gasteiger partial charge in [-0.05, 0) is 0 Å². The molecule has 3 N–H and O–H groups in total. The number of nitrogens with one attached hydrogen (secondary N) is 1. The normalized spacial score (nSPS) is 12.3. The van der Waals surface area contributed by atoms with Crippen molar-refractivity contribution in [1.82, 2.24) is 0 Å². The molecule has 0 heterocycles. The van der Waals surface area contributed by atoms with E-state index in [1.54, 1.807) is 0 Å². The molecule has 40 valence electrons. The molecule has 0 aromatic heterocycles. The van der Waals surface area contributed by atoms with E-state index in [4.69, 9.17) is 11.0 Å². The monoisotopic (exact) mass is 100 g/mol. The van der Waals surface area contributed by atoms with E-state index >= 15 is 0 Å². The summed E-state index contributed by atoms with van der Waals surface area (Å²) in [5.41, 5.74) is 5.13. The molecule has 0 aliphatic heterocycles. The average molecular weight is 99.9 g/mol. The minimum absolute atomic E-state index is 0.0162. The van der Waals surface area contributed by atoms with Gasteiger partial charge in [-0.1, -0.05) is 0 Å². The first-order valence-electron chi connectivity index (χ1n) is 2.15. The Balaban J connectivity index is 2.98. The van der Waals surface area contributed by atoms with Gasteiger partial charge < -0.3 is 0 Å². The third-order valence-electron chi connectivity index (χ3n) is 0.632. The van der Waals surface area contributed by atoms with Crippen molar-refractivity contribution < 1.29 is 4.65 Å². The van der Waals surface area contributed by atoms with E-state index < -0.39 is 0 Å². The SMILES string of the molecule is CC(CN)OB=N. The topological polar surface area (TPSA) is 59.1 Å². The van der Waals surface area contributed by atoms with Gasteiger partial charge in [-0.2, -0.15) is 0 Å². The molecule has 1 atom stereocenters. The predicted octanol–water partition coefficient (Wildman–Crippen LogP) is -0.268. The summed E-state index contributed by atoms with van der Waals surface area (Å²) in [5.74, 6) is 0. The van der Waals surface area contributed by atoms with Crippen LogP contribution < -0.4 is 5.73 Å². The van der Waals surface area contributed by atoms with Gasteiger partial charge in [0, 0.05) is 0 Å². The number of hydrogen-bond acceptors (Lipinski definition) is 3. The standard InChI is InChI=1S/C3H9BN2O/c1-3(2-5)7-4-6/h3,6H,2,5H2,1H3. The number of nitrogens with two attached hydrogens (primary N) is 1. The molecule has 0 saturated carbocycles. The molecule has 0 bridgehead atoms. The molecule has 0 aromatic carbocycles. The Labute approximate surface area is 43.6 Å². The summed E-state index contributed by atoms with van der Waals surface area (Å²) in [7, 11) is 0.900. The molecule has 7 heavy (non-hydrogen) atoms. The second-order valence-electron chi connectivity index (χ2n) is 1.30. The van der Waals surface area contributed by atoms with Crippen molar-refractivity contribution in [2.75, 3.05) is 6.54 Å². The van der Waals surface area contributed by atoms with Gasteiger partial charge in [-0.25, -0.2) is 0 Å². The quantitative estimate of drug-likeness (QED) is 0.479. The van der Waals surface area contributed by atoms with Crippen LogP contribution >= 0.6 is 0 Å². The van der Waals surface area contributed by atoms with E-state index in [1.165, 1.54) is 0 Å². The zero-order valence-electron chi connectivity index (χ0n) is 4.35. The molecule has 0 aliphatic rings. The van der Waals surface area contributed by atoms with Gasteiger partial charge in [0.25, 0.3) is 0 Å². The van der Waals surface area contributed by atoms with Crippen LogP contribution in [0.15, 0.2) is 0 Å². The van der Waals surface area contributed by atoms with E-state index in [-0.39, 0.29) is 6.10 Å². The molecule has 0 rings (SSSR count). The Bertz CT molecular complexity index is 58.9. The second kappa shape index (κ2) is 3.80. The van der Waals surface area contributed by atoms with Crippen molar-refractivity contribution in [2.45, 2.75) is 13.0 Å². The first kappa shape index (κ1) is 6.62. The summed E-state index contributed by atoms with van der Waals surface area (Å²) < 4.78 is 4.61. The van der Waals surface area contributed by atoms with E-state index in [0.717, 1.165) is 7.27 Å². The van der Waals surface area contributed by atoms with Crippen LogP contribution in [0.1, 0.15) is 6.92 Å². The van der Waals surface area contributed by atoms with Crippen molar-refractivity contribution in [2.24, 2.45) is 5.73 Å². The summed E-state index contributed by atoms with van der Waals surface area (Å²) in [5, 5.41) is 6.43. The minimum atomic E-state index is -0.0162. The Hall–Kier alpha value is -0.375. The molecular weight excluding hydrogens is 90.9 g/mol. The molecular formula is C3H9BN2O. The predicted molar refractivity (Wildman–Crippen MR) is 28.1 cm³/mol. The van der Waals surface area contributed by atoms with Crippen LogP contribution in [0, 0.1) is 5.31 Å². The van der Waals surface area contributed by atoms with E-state index in [2.05, 4.69) is 4.65 Å². The molecule has 4 heteroatoms. The van der Waals surface area contributed by atoms with Crippen LogP contribution in [0.2, 0.25) is 0 Å². The van der Waals surface area contributed by atoms with Crippen LogP contribution in [-0.2, 0) is 4.65 Å². The van der Waals surface area contributed by atoms with Crippen LogP contribution in [0.4, 0.5) is 0 Å². The number of rotatable bonds is 3. The molecule has 0 amide bonds. The van der Waals surface area contributed by atoms with Crippen LogP contribution in [0.25, 0.3) is 0 Å². The Morgan fingerprint density at radius 3 is 2.71 bits per heavy atom. The van der Waals surface area contributed by atoms with Gasteiger partial charge in [0.2, 0.25) is 0 Å². The van der Waals surface area contributed by atoms with E-state index in [9.17, 15) is 0 Å². The zero-order valence-corrected chi connectivity index (χ0v) is 4.35. The molecule has 0 aromatic rings. The fourth-order valence-corrected chi connectivity index (χ4v) is 0.172. The molecule has 0 aliphatic carbocycles. The van der Waals surface area contributed by atoms with E-state index in [1.807, 2.05) is 6.92 Å². The third-order valence-corrected chi connectivity index (χ3v) is 0.632. The molecule has 0 spiro atoms. The van der Waals surface area contributed by atoms with Crippen molar-refractivity contribution in [3.63, 3.8) is 0 Å². The summed E-state index contributed by atoms with van der Waals surface area (Å²) in [6.07, 6.45) is -0.0162. The molecule has 0 saturated heterocycles. The van der Waals surface area contributed by atoms with Crippen molar-refractivity contribution in [3.8, 4) is 0 Å². The Morgan fingerprint density at radius 1 is 2.00 bits per heavy atom. The maximum atomic E-state index is 6.43. The van der Waals surface area contributed by atoms with Gasteiger partial charge in [-0.3, -0.25) is 0 Å².